The Balaban J connectivity index is 1.15. The Kier molecular flexibility index (Phi) is 13.2. The van der Waals surface area contributed by atoms with Gasteiger partial charge >= 0.3 is 0 Å². The van der Waals surface area contributed by atoms with E-state index in [0.29, 0.717) is 87.6 Å². The van der Waals surface area contributed by atoms with Crippen LogP contribution in [-0.4, -0.2) is 117 Å². The Bertz CT molecular complexity index is 1780. The fraction of sp³-hybridized carbons (Fsp3) is 0.543. The number of hydrogen-bond donors (Lipinski definition) is 0. The number of imidazole rings is 1. The normalized spacial score (nSPS) is 15.6. The summed E-state index contributed by atoms with van der Waals surface area (Å²) in [6.45, 7) is 5.90. The maximum atomic E-state index is 14.4. The van der Waals surface area contributed by atoms with Gasteiger partial charge in [-0.15, -0.1) is 6.42 Å². The van der Waals surface area contributed by atoms with Crippen molar-refractivity contribution in [2.75, 3.05) is 82.4 Å². The number of benzene rings is 1. The number of anilines is 1. The Labute approximate surface area is 298 Å². The number of terminal acetylenes is 1. The van der Waals surface area contributed by atoms with Crippen molar-refractivity contribution in [3.05, 3.63) is 53.1 Å². The van der Waals surface area contributed by atoms with E-state index in [1.165, 1.54) is 0 Å². The Morgan fingerprint density at radius 1 is 1.02 bits per heavy atom. The summed E-state index contributed by atoms with van der Waals surface area (Å²) in [5.74, 6) is 2.84. The number of ether oxygens (including phenoxy) is 4. The smallest absolute Gasteiger partial charge is 0.238 e. The highest BCUT2D eigenvalue weighted by Gasteiger charge is 2.52. The lowest BCUT2D eigenvalue weighted by atomic mass is 9.74. The largest absolute Gasteiger partial charge is 0.379 e. The van der Waals surface area contributed by atoms with Crippen LogP contribution in [0.2, 0.25) is 5.02 Å². The second-order valence-electron chi connectivity index (χ2n) is 12.1. The molecular formula is C35H44ClN5O8S. The number of aryl methyl sites for hydroxylation is 1. The summed E-state index contributed by atoms with van der Waals surface area (Å²) in [6.07, 6.45) is 9.67. The molecule has 2 aromatic heterocycles. The van der Waals surface area contributed by atoms with Gasteiger partial charge in [-0.25, -0.2) is 13.4 Å². The number of piperidine rings is 1. The van der Waals surface area contributed by atoms with Crippen molar-refractivity contribution in [2.24, 2.45) is 0 Å². The molecule has 1 saturated heterocycles. The molecule has 3 aromatic rings. The van der Waals surface area contributed by atoms with Gasteiger partial charge in [0.15, 0.2) is 9.84 Å². The standard InChI is InChI=1S/C35H44ClN5O8S/c1-3-15-46-17-19-48-21-22-49-20-18-47-16-8-33(42)39-12-9-35(10-13-39)28-7-11-37-25-31(28)41(34(35)43)26-32-38-29-24-27(36)5-6-30(29)40(32)14-23-50(44,45)4-2/h1,5-7,11,24-25H,4,8-10,12-23,26H2,2H3. The number of carbonyl (C=O) groups is 2. The summed E-state index contributed by atoms with van der Waals surface area (Å²) < 4.78 is 48.3. The van der Waals surface area contributed by atoms with Crippen LogP contribution in [0, 0.1) is 12.3 Å². The number of hydrogen-bond acceptors (Lipinski definition) is 10. The summed E-state index contributed by atoms with van der Waals surface area (Å²) >= 11 is 6.26. The lowest BCUT2D eigenvalue weighted by molar-refractivity contribution is -0.136. The minimum Gasteiger partial charge on any atom is -0.379 e. The fourth-order valence-electron chi connectivity index (χ4n) is 6.41. The van der Waals surface area contributed by atoms with Crippen molar-refractivity contribution in [2.45, 2.75) is 44.7 Å². The maximum Gasteiger partial charge on any atom is 0.238 e. The summed E-state index contributed by atoms with van der Waals surface area (Å²) in [4.78, 5) is 40.0. The highest BCUT2D eigenvalue weighted by molar-refractivity contribution is 7.91. The molecule has 2 aliphatic rings. The van der Waals surface area contributed by atoms with Crippen molar-refractivity contribution >= 4 is 50.0 Å². The molecule has 13 nitrogen and oxygen atoms in total. The van der Waals surface area contributed by atoms with Gasteiger partial charge in [-0.2, -0.15) is 0 Å². The Morgan fingerprint density at radius 3 is 2.38 bits per heavy atom. The first-order valence-electron chi connectivity index (χ1n) is 16.8. The molecule has 15 heteroatoms. The maximum absolute atomic E-state index is 14.4. The van der Waals surface area contributed by atoms with Gasteiger partial charge < -0.3 is 33.3 Å². The predicted molar refractivity (Wildman–Crippen MR) is 189 cm³/mol. The summed E-state index contributed by atoms with van der Waals surface area (Å²) in [6, 6.07) is 7.19. The topological polar surface area (TPSA) is 142 Å². The third-order valence-corrected chi connectivity index (χ3v) is 11.1. The quantitative estimate of drug-likeness (QED) is 0.134. The first-order chi connectivity index (χ1) is 24.2. The number of fused-ring (bicyclic) bond motifs is 3. The Hall–Kier alpha value is -3.58. The van der Waals surface area contributed by atoms with Gasteiger partial charge in [0.05, 0.1) is 93.3 Å². The minimum atomic E-state index is -3.25. The molecule has 0 unspecified atom stereocenters. The highest BCUT2D eigenvalue weighted by atomic mass is 35.5. The monoisotopic (exact) mass is 729 g/mol. The number of sulfone groups is 1. The summed E-state index contributed by atoms with van der Waals surface area (Å²) in [5.41, 5.74) is 2.16. The van der Waals surface area contributed by atoms with Crippen molar-refractivity contribution in [1.29, 1.82) is 0 Å². The van der Waals surface area contributed by atoms with Crippen LogP contribution >= 0.6 is 11.6 Å². The molecule has 1 spiro atoms. The van der Waals surface area contributed by atoms with E-state index < -0.39 is 15.3 Å². The van der Waals surface area contributed by atoms with E-state index in [-0.39, 0.29) is 56.0 Å². The van der Waals surface area contributed by atoms with E-state index in [1.54, 1.807) is 41.2 Å². The van der Waals surface area contributed by atoms with Gasteiger partial charge in [-0.05, 0) is 42.7 Å². The molecule has 0 bridgehead atoms. The summed E-state index contributed by atoms with van der Waals surface area (Å²) in [5, 5.41) is 0.513. The molecule has 0 atom stereocenters. The molecular weight excluding hydrogens is 686 g/mol. The predicted octanol–water partition coefficient (Wildman–Crippen LogP) is 3.02. The van der Waals surface area contributed by atoms with E-state index in [1.807, 2.05) is 16.7 Å². The molecule has 270 valence electrons. The lowest BCUT2D eigenvalue weighted by Gasteiger charge is -2.38. The molecule has 0 N–H and O–H groups in total. The van der Waals surface area contributed by atoms with E-state index in [9.17, 15) is 18.0 Å². The van der Waals surface area contributed by atoms with Gasteiger partial charge in [0.25, 0.3) is 0 Å². The number of amides is 2. The van der Waals surface area contributed by atoms with E-state index in [4.69, 9.17) is 42.0 Å². The zero-order valence-electron chi connectivity index (χ0n) is 28.4. The van der Waals surface area contributed by atoms with Crippen molar-refractivity contribution in [3.8, 4) is 12.3 Å². The average Bonchev–Trinajstić information content (AvgIpc) is 3.57. The van der Waals surface area contributed by atoms with Crippen LogP contribution in [0.15, 0.2) is 36.7 Å². The van der Waals surface area contributed by atoms with Gasteiger partial charge in [0.2, 0.25) is 11.8 Å². The van der Waals surface area contributed by atoms with Crippen molar-refractivity contribution in [1.82, 2.24) is 19.4 Å². The average molecular weight is 730 g/mol. The number of nitrogens with zero attached hydrogens (tertiary/aromatic N) is 5. The van der Waals surface area contributed by atoms with Crippen LogP contribution < -0.4 is 4.90 Å². The molecule has 0 aliphatic carbocycles. The zero-order chi connectivity index (χ0) is 35.6. The van der Waals surface area contributed by atoms with Crippen LogP contribution in [0.25, 0.3) is 11.0 Å². The third-order valence-electron chi connectivity index (χ3n) is 9.15. The number of pyridine rings is 1. The molecule has 2 aliphatic heterocycles. The number of carbonyl (C=O) groups excluding carboxylic acids is 2. The van der Waals surface area contributed by atoms with Gasteiger partial charge in [0, 0.05) is 36.6 Å². The van der Waals surface area contributed by atoms with Crippen LogP contribution in [0.5, 0.6) is 0 Å². The van der Waals surface area contributed by atoms with E-state index in [2.05, 4.69) is 10.9 Å². The summed E-state index contributed by atoms with van der Waals surface area (Å²) in [7, 11) is -3.25. The fourth-order valence-corrected chi connectivity index (χ4v) is 7.33. The third kappa shape index (κ3) is 9.01. The number of likely N-dealkylation sites (tertiary alicyclic amines) is 1. The van der Waals surface area contributed by atoms with Crippen LogP contribution in [-0.2, 0) is 56.9 Å². The van der Waals surface area contributed by atoms with Crippen molar-refractivity contribution < 1.29 is 37.0 Å². The van der Waals surface area contributed by atoms with Gasteiger partial charge in [-0.3, -0.25) is 14.6 Å². The zero-order valence-corrected chi connectivity index (χ0v) is 29.9. The number of aromatic nitrogens is 3. The second-order valence-corrected chi connectivity index (χ2v) is 15.0. The molecule has 2 amide bonds. The van der Waals surface area contributed by atoms with E-state index in [0.717, 1.165) is 11.1 Å². The van der Waals surface area contributed by atoms with Crippen LogP contribution in [0.3, 0.4) is 0 Å². The molecule has 0 saturated carbocycles. The van der Waals surface area contributed by atoms with Crippen molar-refractivity contribution in [3.63, 3.8) is 0 Å². The first kappa shape index (κ1) is 37.7. The van der Waals surface area contributed by atoms with Crippen LogP contribution in [0.1, 0.15) is 37.6 Å². The minimum absolute atomic E-state index is 0.0205. The lowest BCUT2D eigenvalue weighted by Crippen LogP contribution is -2.50. The highest BCUT2D eigenvalue weighted by Crippen LogP contribution is 2.48. The molecule has 50 heavy (non-hydrogen) atoms. The van der Waals surface area contributed by atoms with Gasteiger partial charge in [0.1, 0.15) is 12.4 Å². The SMILES string of the molecule is C#CCOCCOCCOCCOCCC(=O)N1CCC2(CC1)C(=O)N(Cc1nc3cc(Cl)ccc3n1CCS(=O)(=O)CC)c1cnccc12. The molecule has 4 heterocycles. The van der Waals surface area contributed by atoms with Crippen LogP contribution in [0.4, 0.5) is 5.69 Å². The molecule has 0 radical (unpaired) electrons. The Morgan fingerprint density at radius 2 is 1.70 bits per heavy atom. The second kappa shape index (κ2) is 17.6. The number of halogens is 1. The molecule has 1 fully saturated rings. The van der Waals surface area contributed by atoms with Gasteiger partial charge in [-0.1, -0.05) is 24.4 Å². The van der Waals surface area contributed by atoms with E-state index >= 15 is 0 Å². The number of rotatable bonds is 19. The molecule has 1 aromatic carbocycles. The first-order valence-corrected chi connectivity index (χ1v) is 19.0. The molecule has 5 rings (SSSR count).